The number of fused-ring (bicyclic) bond motifs is 1. The number of halogens is 3. The van der Waals surface area contributed by atoms with Gasteiger partial charge < -0.3 is 0 Å². The number of benzene rings is 2. The second kappa shape index (κ2) is 5.46. The zero-order valence-electron chi connectivity index (χ0n) is 11.4. The van der Waals surface area contributed by atoms with E-state index in [0.29, 0.717) is 17.7 Å². The molecule has 1 heterocycles. The van der Waals surface area contributed by atoms with Crippen molar-refractivity contribution in [1.29, 1.82) is 0 Å². The topological polar surface area (TPSA) is 29.5 Å². The molecule has 2 aromatic rings. The van der Waals surface area contributed by atoms with Gasteiger partial charge in [-0.05, 0) is 29.3 Å². The van der Waals surface area contributed by atoms with Crippen molar-refractivity contribution in [3.05, 3.63) is 70.8 Å². The molecular weight excluding hydrogens is 295 g/mol. The van der Waals surface area contributed by atoms with E-state index in [1.54, 1.807) is 12.1 Å². The molecule has 0 saturated carbocycles. The fraction of sp³-hybridized carbons (Fsp3) is 0.188. The molecule has 0 radical (unpaired) electrons. The summed E-state index contributed by atoms with van der Waals surface area (Å²) in [5, 5.41) is 1.22. The molecule has 3 rings (SSSR count). The van der Waals surface area contributed by atoms with Crippen molar-refractivity contribution in [2.45, 2.75) is 19.3 Å². The summed E-state index contributed by atoms with van der Waals surface area (Å²) >= 11 is 0. The van der Waals surface area contributed by atoms with E-state index in [9.17, 15) is 18.0 Å². The maximum absolute atomic E-state index is 12.5. The molecule has 0 bridgehead atoms. The maximum Gasteiger partial charge on any atom is 0.416 e. The molecule has 0 fully saturated rings. The normalized spacial score (nSPS) is 14.3. The summed E-state index contributed by atoms with van der Waals surface area (Å²) in [6, 6.07) is 11.9. The summed E-state index contributed by atoms with van der Waals surface area (Å²) in [5.41, 5.74) is 1.33. The first-order valence-electron chi connectivity index (χ1n) is 6.64. The molecule has 114 valence electrons. The summed E-state index contributed by atoms with van der Waals surface area (Å²) in [6.45, 7) is 0.382. The fourth-order valence-electron chi connectivity index (χ4n) is 2.27. The molecule has 2 aromatic carbocycles. The number of carbonyl (C=O) groups is 1. The molecule has 0 unspecified atom stereocenters. The van der Waals surface area contributed by atoms with Crippen molar-refractivity contribution >= 4 is 5.91 Å². The lowest BCUT2D eigenvalue weighted by Crippen LogP contribution is -2.24. The van der Waals surface area contributed by atoms with Crippen molar-refractivity contribution in [1.82, 2.24) is 5.06 Å². The number of alkyl halides is 3. The molecule has 3 nitrogen and oxygen atoms in total. The summed E-state index contributed by atoms with van der Waals surface area (Å²) in [5.74, 6) is -0.234. The first kappa shape index (κ1) is 14.6. The van der Waals surface area contributed by atoms with Crippen LogP contribution in [0.5, 0.6) is 0 Å². The Morgan fingerprint density at radius 1 is 1.05 bits per heavy atom. The summed E-state index contributed by atoms with van der Waals surface area (Å²) in [7, 11) is 0. The Hall–Kier alpha value is -2.34. The zero-order valence-corrected chi connectivity index (χ0v) is 11.4. The SMILES string of the molecule is O=C1c2ccccc2CN1OCc1ccc(C(F)(F)F)cc1. The van der Waals surface area contributed by atoms with Gasteiger partial charge in [0, 0.05) is 5.56 Å². The Balaban J connectivity index is 1.63. The molecule has 1 amide bonds. The van der Waals surface area contributed by atoms with Crippen LogP contribution < -0.4 is 0 Å². The third-order valence-corrected chi connectivity index (χ3v) is 3.46. The first-order chi connectivity index (χ1) is 10.4. The smallest absolute Gasteiger partial charge is 0.267 e. The minimum absolute atomic E-state index is 0.0395. The number of hydrogen-bond acceptors (Lipinski definition) is 2. The van der Waals surface area contributed by atoms with E-state index in [1.807, 2.05) is 12.1 Å². The van der Waals surface area contributed by atoms with Crippen LogP contribution in [0.1, 0.15) is 27.0 Å². The average Bonchev–Trinajstić information content (AvgIpc) is 2.82. The van der Waals surface area contributed by atoms with Crippen molar-refractivity contribution < 1.29 is 22.8 Å². The minimum atomic E-state index is -4.36. The number of rotatable bonds is 3. The summed E-state index contributed by atoms with van der Waals surface area (Å²) < 4.78 is 37.4. The van der Waals surface area contributed by atoms with Crippen LogP contribution in [0.15, 0.2) is 48.5 Å². The van der Waals surface area contributed by atoms with Gasteiger partial charge in [0.2, 0.25) is 0 Å². The molecule has 0 aliphatic carbocycles. The molecule has 0 atom stereocenters. The van der Waals surface area contributed by atoms with Crippen LogP contribution in [-0.4, -0.2) is 11.0 Å². The fourth-order valence-corrected chi connectivity index (χ4v) is 2.27. The van der Waals surface area contributed by atoms with Crippen LogP contribution in [0.3, 0.4) is 0 Å². The molecule has 0 saturated heterocycles. The van der Waals surface area contributed by atoms with E-state index >= 15 is 0 Å². The van der Waals surface area contributed by atoms with Gasteiger partial charge >= 0.3 is 6.18 Å². The van der Waals surface area contributed by atoms with E-state index < -0.39 is 11.7 Å². The Morgan fingerprint density at radius 3 is 2.36 bits per heavy atom. The Kier molecular flexibility index (Phi) is 3.62. The average molecular weight is 307 g/mol. The standard InChI is InChI=1S/C16H12F3NO2/c17-16(18,19)13-7-5-11(6-8-13)10-22-20-9-12-3-1-2-4-14(12)15(20)21/h1-8H,9-10H2. The number of hydrogen-bond donors (Lipinski definition) is 0. The number of nitrogens with zero attached hydrogens (tertiary/aromatic N) is 1. The minimum Gasteiger partial charge on any atom is -0.267 e. The van der Waals surface area contributed by atoms with Gasteiger partial charge in [-0.15, -0.1) is 0 Å². The number of amides is 1. The molecule has 22 heavy (non-hydrogen) atoms. The maximum atomic E-state index is 12.5. The summed E-state index contributed by atoms with van der Waals surface area (Å²) in [4.78, 5) is 17.5. The third kappa shape index (κ3) is 2.82. The molecular formula is C16H12F3NO2. The Labute approximate surface area is 124 Å². The number of hydroxylamine groups is 2. The lowest BCUT2D eigenvalue weighted by molar-refractivity contribution is -0.138. The van der Waals surface area contributed by atoms with E-state index in [0.717, 1.165) is 17.7 Å². The van der Waals surface area contributed by atoms with E-state index in [2.05, 4.69) is 0 Å². The van der Waals surface area contributed by atoms with Crippen molar-refractivity contribution in [2.75, 3.05) is 0 Å². The van der Waals surface area contributed by atoms with Gasteiger partial charge in [0.15, 0.2) is 0 Å². The van der Waals surface area contributed by atoms with Crippen molar-refractivity contribution in [3.63, 3.8) is 0 Å². The van der Waals surface area contributed by atoms with Crippen LogP contribution >= 0.6 is 0 Å². The van der Waals surface area contributed by atoms with Crippen LogP contribution in [0, 0.1) is 0 Å². The Bertz CT molecular complexity index is 695. The van der Waals surface area contributed by atoms with E-state index in [1.165, 1.54) is 17.2 Å². The predicted octanol–water partition coefficient (Wildman–Crippen LogP) is 3.79. The van der Waals surface area contributed by atoms with Crippen LogP contribution in [-0.2, 0) is 24.2 Å². The van der Waals surface area contributed by atoms with E-state index in [-0.39, 0.29) is 12.5 Å². The van der Waals surface area contributed by atoms with Gasteiger partial charge in [-0.2, -0.15) is 13.2 Å². The van der Waals surface area contributed by atoms with Crippen molar-refractivity contribution in [3.8, 4) is 0 Å². The summed E-state index contributed by atoms with van der Waals surface area (Å²) in [6.07, 6.45) is -4.36. The molecule has 0 spiro atoms. The molecule has 6 heteroatoms. The lowest BCUT2D eigenvalue weighted by Gasteiger charge is -2.15. The monoisotopic (exact) mass is 307 g/mol. The first-order valence-corrected chi connectivity index (χ1v) is 6.64. The van der Waals surface area contributed by atoms with Gasteiger partial charge in [0.05, 0.1) is 12.1 Å². The lowest BCUT2D eigenvalue weighted by atomic mass is 10.1. The van der Waals surface area contributed by atoms with Gasteiger partial charge in [-0.3, -0.25) is 9.63 Å². The third-order valence-electron chi connectivity index (χ3n) is 3.46. The molecule has 1 aliphatic rings. The molecule has 1 aliphatic heterocycles. The second-order valence-electron chi connectivity index (χ2n) is 4.97. The largest absolute Gasteiger partial charge is 0.416 e. The highest BCUT2D eigenvalue weighted by Gasteiger charge is 2.30. The second-order valence-corrected chi connectivity index (χ2v) is 4.97. The highest BCUT2D eigenvalue weighted by Crippen LogP contribution is 2.29. The predicted molar refractivity (Wildman–Crippen MR) is 72.5 cm³/mol. The number of carbonyl (C=O) groups excluding carboxylic acids is 1. The van der Waals surface area contributed by atoms with Gasteiger partial charge in [0.1, 0.15) is 6.61 Å². The van der Waals surface area contributed by atoms with Gasteiger partial charge in [0.25, 0.3) is 5.91 Å². The van der Waals surface area contributed by atoms with Gasteiger partial charge in [-0.1, -0.05) is 30.3 Å². The van der Waals surface area contributed by atoms with Crippen molar-refractivity contribution in [2.24, 2.45) is 0 Å². The van der Waals surface area contributed by atoms with Crippen LogP contribution in [0.25, 0.3) is 0 Å². The highest BCUT2D eigenvalue weighted by atomic mass is 19.4. The van der Waals surface area contributed by atoms with Crippen LogP contribution in [0.4, 0.5) is 13.2 Å². The molecule has 0 aromatic heterocycles. The Morgan fingerprint density at radius 2 is 1.73 bits per heavy atom. The van der Waals surface area contributed by atoms with E-state index in [4.69, 9.17) is 4.84 Å². The van der Waals surface area contributed by atoms with Gasteiger partial charge in [-0.25, -0.2) is 5.06 Å². The molecule has 0 N–H and O–H groups in total. The highest BCUT2D eigenvalue weighted by molar-refractivity contribution is 5.97. The quantitative estimate of drug-likeness (QED) is 0.863. The van der Waals surface area contributed by atoms with Crippen LogP contribution in [0.2, 0.25) is 0 Å². The zero-order chi connectivity index (χ0) is 15.7.